The first-order valence-corrected chi connectivity index (χ1v) is 13.0. The first-order chi connectivity index (χ1) is 15.9. The first-order valence-electron chi connectivity index (χ1n) is 10.3. The van der Waals surface area contributed by atoms with Crippen LogP contribution in [0, 0.1) is 20.8 Å². The van der Waals surface area contributed by atoms with E-state index in [0.717, 1.165) is 27.2 Å². The fraction of sp³-hybridized carbons (Fsp3) is 0.217. The zero-order chi connectivity index (χ0) is 23.1. The Bertz CT molecular complexity index is 1520. The number of hydrogen-bond acceptors (Lipinski definition) is 7. The van der Waals surface area contributed by atoms with E-state index in [1.165, 1.54) is 28.7 Å². The van der Waals surface area contributed by atoms with E-state index >= 15 is 0 Å². The van der Waals surface area contributed by atoms with Crippen LogP contribution in [0.4, 0.5) is 5.69 Å². The summed E-state index contributed by atoms with van der Waals surface area (Å²) in [5.41, 5.74) is 4.78. The van der Waals surface area contributed by atoms with Crippen LogP contribution in [-0.4, -0.2) is 30.8 Å². The van der Waals surface area contributed by atoms with Gasteiger partial charge in [-0.3, -0.25) is 18.6 Å². The van der Waals surface area contributed by atoms with E-state index < -0.39 is 0 Å². The molecule has 0 aliphatic rings. The number of thiophene rings is 2. The Morgan fingerprint density at radius 3 is 2.61 bits per heavy atom. The summed E-state index contributed by atoms with van der Waals surface area (Å²) >= 11 is 4.31. The lowest BCUT2D eigenvalue weighted by Gasteiger charge is -2.12. The van der Waals surface area contributed by atoms with Crippen molar-refractivity contribution in [2.45, 2.75) is 32.5 Å². The SMILES string of the molecule is Cc1cc(C)c(NC(=O)CSc2nnc3n(Cc4cccs4)c(=O)c4sccc4n23)c(C)c1. The smallest absolute Gasteiger partial charge is 0.273 e. The summed E-state index contributed by atoms with van der Waals surface area (Å²) in [5, 5.41) is 16.1. The van der Waals surface area contributed by atoms with Gasteiger partial charge in [-0.25, -0.2) is 0 Å². The van der Waals surface area contributed by atoms with Gasteiger partial charge in [0, 0.05) is 10.6 Å². The fourth-order valence-electron chi connectivity index (χ4n) is 3.98. The van der Waals surface area contributed by atoms with Crippen molar-refractivity contribution in [1.82, 2.24) is 19.2 Å². The van der Waals surface area contributed by atoms with E-state index in [4.69, 9.17) is 0 Å². The van der Waals surface area contributed by atoms with Gasteiger partial charge in [-0.15, -0.1) is 32.9 Å². The van der Waals surface area contributed by atoms with E-state index in [1.54, 1.807) is 15.9 Å². The lowest BCUT2D eigenvalue weighted by atomic mass is 10.1. The highest BCUT2D eigenvalue weighted by Gasteiger charge is 2.19. The second kappa shape index (κ2) is 8.77. The van der Waals surface area contributed by atoms with Gasteiger partial charge in [-0.1, -0.05) is 35.5 Å². The molecule has 0 saturated carbocycles. The number of nitrogens with zero attached hydrogens (tertiary/aromatic N) is 4. The number of fused-ring (bicyclic) bond motifs is 3. The maximum atomic E-state index is 13.1. The molecule has 168 valence electrons. The third kappa shape index (κ3) is 4.09. The minimum absolute atomic E-state index is 0.0760. The molecular formula is C23H21N5O2S3. The van der Waals surface area contributed by atoms with Crippen molar-refractivity contribution in [3.05, 3.63) is 73.0 Å². The standard InChI is InChI=1S/C23H21N5O2S3/c1-13-9-14(2)19(15(3)10-13)24-18(29)12-33-23-26-25-22-27(11-16-5-4-7-31-16)21(30)20-17(28(22)23)6-8-32-20/h4-10H,11-12H2,1-3H3,(H,24,29). The Kier molecular flexibility index (Phi) is 5.81. The highest BCUT2D eigenvalue weighted by molar-refractivity contribution is 7.99. The summed E-state index contributed by atoms with van der Waals surface area (Å²) in [6.45, 7) is 6.47. The number of rotatable bonds is 6. The number of hydrogen-bond donors (Lipinski definition) is 1. The first kappa shape index (κ1) is 21.9. The zero-order valence-corrected chi connectivity index (χ0v) is 20.7. The summed E-state index contributed by atoms with van der Waals surface area (Å²) in [6.07, 6.45) is 0. The second-order valence-electron chi connectivity index (χ2n) is 7.83. The number of anilines is 1. The quantitative estimate of drug-likeness (QED) is 0.340. The summed E-state index contributed by atoms with van der Waals surface area (Å²) in [6, 6.07) is 9.98. The van der Waals surface area contributed by atoms with Gasteiger partial charge in [0.05, 0.1) is 17.8 Å². The van der Waals surface area contributed by atoms with Gasteiger partial charge in [0.25, 0.3) is 5.56 Å². The van der Waals surface area contributed by atoms with Crippen molar-refractivity contribution >= 4 is 62.0 Å². The molecule has 5 aromatic rings. The van der Waals surface area contributed by atoms with Crippen LogP contribution in [0.2, 0.25) is 0 Å². The van der Waals surface area contributed by atoms with Gasteiger partial charge < -0.3 is 5.32 Å². The largest absolute Gasteiger partial charge is 0.325 e. The molecule has 7 nitrogen and oxygen atoms in total. The second-order valence-corrected chi connectivity index (χ2v) is 10.7. The number of carbonyl (C=O) groups excluding carboxylic acids is 1. The lowest BCUT2D eigenvalue weighted by molar-refractivity contribution is -0.113. The van der Waals surface area contributed by atoms with Crippen LogP contribution in [0.1, 0.15) is 21.6 Å². The Labute approximate surface area is 202 Å². The van der Waals surface area contributed by atoms with Gasteiger partial charge >= 0.3 is 0 Å². The summed E-state index contributed by atoms with van der Waals surface area (Å²) in [5.74, 6) is 0.552. The molecule has 0 saturated heterocycles. The maximum Gasteiger partial charge on any atom is 0.273 e. The minimum atomic E-state index is -0.111. The number of aryl methyl sites for hydroxylation is 3. The fourth-order valence-corrected chi connectivity index (χ4v) is 6.23. The van der Waals surface area contributed by atoms with Crippen LogP contribution < -0.4 is 10.9 Å². The topological polar surface area (TPSA) is 81.3 Å². The molecule has 5 rings (SSSR count). The minimum Gasteiger partial charge on any atom is -0.325 e. The highest BCUT2D eigenvalue weighted by Crippen LogP contribution is 2.26. The summed E-state index contributed by atoms with van der Waals surface area (Å²) < 4.78 is 4.18. The van der Waals surface area contributed by atoms with Gasteiger partial charge in [0.1, 0.15) is 4.70 Å². The predicted octanol–water partition coefficient (Wildman–Crippen LogP) is 4.87. The molecule has 0 unspecified atom stereocenters. The molecule has 4 heterocycles. The Balaban J connectivity index is 1.45. The van der Waals surface area contributed by atoms with Gasteiger partial charge in [-0.05, 0) is 54.8 Å². The van der Waals surface area contributed by atoms with E-state index in [2.05, 4.69) is 27.6 Å². The molecule has 1 amide bonds. The van der Waals surface area contributed by atoms with E-state index in [1.807, 2.05) is 54.1 Å². The highest BCUT2D eigenvalue weighted by atomic mass is 32.2. The average molecular weight is 496 g/mol. The van der Waals surface area contributed by atoms with Crippen molar-refractivity contribution in [2.24, 2.45) is 0 Å². The molecular weight excluding hydrogens is 474 g/mol. The number of carbonyl (C=O) groups is 1. The number of nitrogens with one attached hydrogen (secondary N) is 1. The third-order valence-electron chi connectivity index (χ3n) is 5.35. The van der Waals surface area contributed by atoms with Crippen LogP contribution in [-0.2, 0) is 11.3 Å². The molecule has 0 aliphatic carbocycles. The van der Waals surface area contributed by atoms with Crippen molar-refractivity contribution in [2.75, 3.05) is 11.1 Å². The molecule has 1 aromatic carbocycles. The number of thioether (sulfide) groups is 1. The Morgan fingerprint density at radius 2 is 1.88 bits per heavy atom. The van der Waals surface area contributed by atoms with Gasteiger partial charge in [0.15, 0.2) is 5.16 Å². The summed E-state index contributed by atoms with van der Waals surface area (Å²) in [4.78, 5) is 26.9. The maximum absolute atomic E-state index is 13.1. The normalized spacial score (nSPS) is 11.5. The van der Waals surface area contributed by atoms with Gasteiger partial charge in [-0.2, -0.15) is 0 Å². The molecule has 0 bridgehead atoms. The molecule has 0 atom stereocenters. The van der Waals surface area contributed by atoms with Crippen LogP contribution in [0.25, 0.3) is 16.0 Å². The Hall–Kier alpha value is -2.95. The Morgan fingerprint density at radius 1 is 1.09 bits per heavy atom. The van der Waals surface area contributed by atoms with Crippen LogP contribution in [0.5, 0.6) is 0 Å². The van der Waals surface area contributed by atoms with Crippen molar-refractivity contribution in [1.29, 1.82) is 0 Å². The third-order valence-corrected chi connectivity index (χ3v) is 8.03. The molecule has 0 spiro atoms. The van der Waals surface area contributed by atoms with Crippen LogP contribution in [0.15, 0.2) is 51.0 Å². The van der Waals surface area contributed by atoms with Gasteiger partial charge in [0.2, 0.25) is 11.7 Å². The average Bonchev–Trinajstić information content (AvgIpc) is 3.52. The van der Waals surface area contributed by atoms with E-state index in [0.29, 0.717) is 22.2 Å². The number of amides is 1. The molecule has 1 N–H and O–H groups in total. The molecule has 0 fully saturated rings. The van der Waals surface area contributed by atoms with E-state index in [-0.39, 0.29) is 17.2 Å². The monoisotopic (exact) mass is 495 g/mol. The molecule has 33 heavy (non-hydrogen) atoms. The van der Waals surface area contributed by atoms with Crippen molar-refractivity contribution < 1.29 is 4.79 Å². The predicted molar refractivity (Wildman–Crippen MR) is 136 cm³/mol. The zero-order valence-electron chi connectivity index (χ0n) is 18.3. The molecule has 0 radical (unpaired) electrons. The lowest BCUT2D eigenvalue weighted by Crippen LogP contribution is -2.22. The molecule has 4 aromatic heterocycles. The summed E-state index contributed by atoms with van der Waals surface area (Å²) in [7, 11) is 0. The van der Waals surface area contributed by atoms with Crippen molar-refractivity contribution in [3.8, 4) is 0 Å². The van der Waals surface area contributed by atoms with Crippen molar-refractivity contribution in [3.63, 3.8) is 0 Å². The van der Waals surface area contributed by atoms with E-state index in [9.17, 15) is 9.59 Å². The molecule has 10 heteroatoms. The van der Waals surface area contributed by atoms with Crippen LogP contribution >= 0.6 is 34.4 Å². The van der Waals surface area contributed by atoms with Crippen LogP contribution in [0.3, 0.4) is 0 Å². The molecule has 0 aliphatic heterocycles. The number of aromatic nitrogens is 4. The number of benzene rings is 1.